The summed E-state index contributed by atoms with van der Waals surface area (Å²) in [6.45, 7) is 7.33. The van der Waals surface area contributed by atoms with Gasteiger partial charge in [0.2, 0.25) is 0 Å². The van der Waals surface area contributed by atoms with Crippen molar-refractivity contribution in [2.45, 2.75) is 32.4 Å². The molecule has 4 nitrogen and oxygen atoms in total. The third kappa shape index (κ3) is 2.12. The van der Waals surface area contributed by atoms with Crippen LogP contribution in [0, 0.1) is 0 Å². The van der Waals surface area contributed by atoms with Gasteiger partial charge in [0.15, 0.2) is 0 Å². The van der Waals surface area contributed by atoms with Crippen LogP contribution < -0.4 is 5.32 Å². The topological polar surface area (TPSA) is 41.6 Å². The fourth-order valence-corrected chi connectivity index (χ4v) is 1.67. The molecule has 1 aliphatic heterocycles. The van der Waals surface area contributed by atoms with Crippen LogP contribution in [0.25, 0.3) is 0 Å². The van der Waals surface area contributed by atoms with Crippen LogP contribution in [0.5, 0.6) is 0 Å². The fourth-order valence-electron chi connectivity index (χ4n) is 1.67. The molecule has 0 spiro atoms. The molecule has 0 aromatic heterocycles. The van der Waals surface area contributed by atoms with Gasteiger partial charge in [-0.1, -0.05) is 0 Å². The smallest absolute Gasteiger partial charge is 0.410 e. The molecule has 1 fully saturated rings. The molecule has 0 aromatic carbocycles. The second-order valence-electron chi connectivity index (χ2n) is 4.33. The molecule has 1 N–H and O–H groups in total. The minimum Gasteiger partial charge on any atom is -0.447 e. The number of hydrogen-bond donors (Lipinski definition) is 1. The number of carbonyl (C=O) groups is 1. The van der Waals surface area contributed by atoms with Crippen molar-refractivity contribution in [2.75, 3.05) is 20.2 Å². The minimum absolute atomic E-state index is 0.158. The van der Waals surface area contributed by atoms with Crippen LogP contribution in [-0.4, -0.2) is 42.8 Å². The van der Waals surface area contributed by atoms with Gasteiger partial charge in [-0.25, -0.2) is 4.79 Å². The lowest BCUT2D eigenvalue weighted by Crippen LogP contribution is -2.50. The standard InChI is InChI=1S/C9H18N2O2/c1-9(2,3)11-7(5-10-4)6-13-8(11)12/h7,10H,5-6H2,1-4H3. The van der Waals surface area contributed by atoms with Gasteiger partial charge in [0, 0.05) is 12.1 Å². The van der Waals surface area contributed by atoms with Gasteiger partial charge in [-0.3, -0.25) is 4.90 Å². The highest BCUT2D eigenvalue weighted by Gasteiger charge is 2.39. The highest BCUT2D eigenvalue weighted by molar-refractivity contribution is 5.71. The van der Waals surface area contributed by atoms with E-state index in [4.69, 9.17) is 4.74 Å². The predicted molar refractivity (Wildman–Crippen MR) is 50.7 cm³/mol. The molecule has 1 saturated heterocycles. The molecule has 0 aromatic rings. The Bertz CT molecular complexity index is 198. The molecule has 1 aliphatic rings. The van der Waals surface area contributed by atoms with E-state index in [1.807, 2.05) is 27.8 Å². The molecule has 4 heteroatoms. The van der Waals surface area contributed by atoms with Gasteiger partial charge in [0.25, 0.3) is 0 Å². The summed E-state index contributed by atoms with van der Waals surface area (Å²) in [6, 6.07) is 0.164. The number of nitrogens with zero attached hydrogens (tertiary/aromatic N) is 1. The van der Waals surface area contributed by atoms with E-state index in [0.29, 0.717) is 6.61 Å². The van der Waals surface area contributed by atoms with E-state index in [0.717, 1.165) is 6.54 Å². The molecule has 1 unspecified atom stereocenters. The Morgan fingerprint density at radius 3 is 2.69 bits per heavy atom. The third-order valence-corrected chi connectivity index (χ3v) is 2.12. The summed E-state index contributed by atoms with van der Waals surface area (Å²) in [5, 5.41) is 3.06. The SMILES string of the molecule is CNCC1COC(=O)N1C(C)(C)C. The second-order valence-corrected chi connectivity index (χ2v) is 4.33. The maximum absolute atomic E-state index is 11.4. The van der Waals surface area contributed by atoms with Crippen molar-refractivity contribution in [1.29, 1.82) is 0 Å². The van der Waals surface area contributed by atoms with Crippen molar-refractivity contribution in [3.63, 3.8) is 0 Å². The number of likely N-dealkylation sites (N-methyl/N-ethyl adjacent to an activating group) is 1. The van der Waals surface area contributed by atoms with Gasteiger partial charge in [0.05, 0.1) is 6.04 Å². The normalized spacial score (nSPS) is 23.5. The van der Waals surface area contributed by atoms with Crippen LogP contribution in [0.4, 0.5) is 4.79 Å². The van der Waals surface area contributed by atoms with Crippen molar-refractivity contribution >= 4 is 6.09 Å². The highest BCUT2D eigenvalue weighted by Crippen LogP contribution is 2.23. The van der Waals surface area contributed by atoms with Crippen LogP contribution in [0.3, 0.4) is 0 Å². The van der Waals surface area contributed by atoms with Crippen LogP contribution in [0.2, 0.25) is 0 Å². The van der Waals surface area contributed by atoms with Crippen LogP contribution in [0.1, 0.15) is 20.8 Å². The van der Waals surface area contributed by atoms with Crippen molar-refractivity contribution in [1.82, 2.24) is 10.2 Å². The lowest BCUT2D eigenvalue weighted by atomic mass is 10.0. The van der Waals surface area contributed by atoms with Crippen molar-refractivity contribution < 1.29 is 9.53 Å². The molecule has 76 valence electrons. The first-order valence-corrected chi connectivity index (χ1v) is 4.57. The summed E-state index contributed by atoms with van der Waals surface area (Å²) in [4.78, 5) is 13.2. The molecule has 1 heterocycles. The lowest BCUT2D eigenvalue weighted by Gasteiger charge is -2.34. The third-order valence-electron chi connectivity index (χ3n) is 2.12. The Morgan fingerprint density at radius 1 is 1.62 bits per heavy atom. The van der Waals surface area contributed by atoms with E-state index in [9.17, 15) is 4.79 Å². The first kappa shape index (κ1) is 10.3. The summed E-state index contributed by atoms with van der Waals surface area (Å²) in [5.41, 5.74) is -0.158. The Hall–Kier alpha value is -0.770. The van der Waals surface area contributed by atoms with Crippen LogP contribution in [0.15, 0.2) is 0 Å². The first-order chi connectivity index (χ1) is 5.96. The van der Waals surface area contributed by atoms with Gasteiger partial charge in [-0.05, 0) is 27.8 Å². The maximum Gasteiger partial charge on any atom is 0.410 e. The second kappa shape index (κ2) is 3.54. The molecular weight excluding hydrogens is 168 g/mol. The Morgan fingerprint density at radius 2 is 2.23 bits per heavy atom. The average Bonchev–Trinajstić information content (AvgIpc) is 2.31. The van der Waals surface area contributed by atoms with E-state index in [1.165, 1.54) is 0 Å². The summed E-state index contributed by atoms with van der Waals surface area (Å²) in [7, 11) is 1.88. The van der Waals surface area contributed by atoms with Crippen molar-refractivity contribution in [3.8, 4) is 0 Å². The molecule has 1 atom stereocenters. The van der Waals surface area contributed by atoms with E-state index in [1.54, 1.807) is 4.90 Å². The molecule has 1 amide bonds. The number of ether oxygens (including phenoxy) is 1. The number of rotatable bonds is 2. The number of amides is 1. The predicted octanol–water partition coefficient (Wildman–Crippen LogP) is 0.825. The van der Waals surface area contributed by atoms with Crippen LogP contribution in [-0.2, 0) is 4.74 Å². The van der Waals surface area contributed by atoms with Crippen LogP contribution >= 0.6 is 0 Å². The van der Waals surface area contributed by atoms with Gasteiger partial charge in [-0.15, -0.1) is 0 Å². The maximum atomic E-state index is 11.4. The zero-order chi connectivity index (χ0) is 10.1. The fraction of sp³-hybridized carbons (Fsp3) is 0.889. The molecule has 0 radical (unpaired) electrons. The number of carbonyl (C=O) groups excluding carboxylic acids is 1. The molecule has 1 rings (SSSR count). The number of cyclic esters (lactones) is 1. The van der Waals surface area contributed by atoms with Gasteiger partial charge in [-0.2, -0.15) is 0 Å². The Labute approximate surface area is 79.2 Å². The first-order valence-electron chi connectivity index (χ1n) is 4.57. The monoisotopic (exact) mass is 186 g/mol. The van der Waals surface area contributed by atoms with Gasteiger partial charge >= 0.3 is 6.09 Å². The minimum atomic E-state index is -0.201. The quantitative estimate of drug-likeness (QED) is 0.694. The lowest BCUT2D eigenvalue weighted by molar-refractivity contribution is 0.122. The molecule has 0 bridgehead atoms. The summed E-state index contributed by atoms with van der Waals surface area (Å²) in [5.74, 6) is 0. The van der Waals surface area contributed by atoms with Gasteiger partial charge in [0.1, 0.15) is 6.61 Å². The Kier molecular flexibility index (Phi) is 2.81. The molecule has 0 saturated carbocycles. The summed E-state index contributed by atoms with van der Waals surface area (Å²) >= 11 is 0. The number of hydrogen-bond acceptors (Lipinski definition) is 3. The van der Waals surface area contributed by atoms with E-state index in [2.05, 4.69) is 5.32 Å². The number of nitrogens with one attached hydrogen (secondary N) is 1. The molecular formula is C9H18N2O2. The zero-order valence-electron chi connectivity index (χ0n) is 8.76. The van der Waals surface area contributed by atoms with Crippen molar-refractivity contribution in [3.05, 3.63) is 0 Å². The molecule has 13 heavy (non-hydrogen) atoms. The Balaban J connectivity index is 2.71. The largest absolute Gasteiger partial charge is 0.447 e. The van der Waals surface area contributed by atoms with Gasteiger partial charge < -0.3 is 10.1 Å². The summed E-state index contributed by atoms with van der Waals surface area (Å²) in [6.07, 6.45) is -0.201. The average molecular weight is 186 g/mol. The van der Waals surface area contributed by atoms with E-state index < -0.39 is 0 Å². The van der Waals surface area contributed by atoms with E-state index in [-0.39, 0.29) is 17.7 Å². The highest BCUT2D eigenvalue weighted by atomic mass is 16.6. The van der Waals surface area contributed by atoms with Crippen molar-refractivity contribution in [2.24, 2.45) is 0 Å². The summed E-state index contributed by atoms with van der Waals surface area (Å²) < 4.78 is 5.00. The molecule has 0 aliphatic carbocycles. The van der Waals surface area contributed by atoms with E-state index >= 15 is 0 Å². The zero-order valence-corrected chi connectivity index (χ0v) is 8.76.